The fourth-order valence-electron chi connectivity index (χ4n) is 3.02. The average Bonchev–Trinajstić information content (AvgIpc) is 2.97. The number of aryl methyl sites for hydroxylation is 1. The maximum atomic E-state index is 12.7. The van der Waals surface area contributed by atoms with Gasteiger partial charge in [-0.3, -0.25) is 19.6 Å². The van der Waals surface area contributed by atoms with E-state index in [0.29, 0.717) is 33.7 Å². The van der Waals surface area contributed by atoms with Crippen molar-refractivity contribution in [3.8, 4) is 5.75 Å². The van der Waals surface area contributed by atoms with Crippen molar-refractivity contribution < 1.29 is 14.5 Å². The summed E-state index contributed by atoms with van der Waals surface area (Å²) in [5.41, 5.74) is 2.36. The summed E-state index contributed by atoms with van der Waals surface area (Å²) in [5, 5.41) is 19.5. The number of hydrogen-bond acceptors (Lipinski definition) is 5. The Hall–Kier alpha value is -3.10. The second-order valence-corrected chi connectivity index (χ2v) is 7.32. The van der Waals surface area contributed by atoms with Crippen LogP contribution in [-0.2, 0) is 6.54 Å². The molecule has 2 aromatic carbocycles. The quantitative estimate of drug-likeness (QED) is 0.421. The Morgan fingerprint density at radius 1 is 1.23 bits per heavy atom. The summed E-state index contributed by atoms with van der Waals surface area (Å²) in [6, 6.07) is 9.26. The van der Waals surface area contributed by atoms with E-state index in [4.69, 9.17) is 27.9 Å². The van der Waals surface area contributed by atoms with Gasteiger partial charge in [-0.1, -0.05) is 29.3 Å². The number of rotatable bonds is 6. The van der Waals surface area contributed by atoms with E-state index in [1.807, 2.05) is 0 Å². The molecule has 0 aliphatic carbocycles. The van der Waals surface area contributed by atoms with Crippen LogP contribution >= 0.6 is 23.2 Å². The van der Waals surface area contributed by atoms with E-state index in [0.717, 1.165) is 5.56 Å². The molecule has 156 valence electrons. The minimum atomic E-state index is -0.600. The van der Waals surface area contributed by atoms with Crippen molar-refractivity contribution in [3.63, 3.8) is 0 Å². The minimum absolute atomic E-state index is 0.0772. The number of halogens is 2. The molecule has 0 saturated carbocycles. The Balaban J connectivity index is 1.88. The van der Waals surface area contributed by atoms with E-state index < -0.39 is 10.8 Å². The van der Waals surface area contributed by atoms with Crippen LogP contribution in [0.3, 0.4) is 0 Å². The summed E-state index contributed by atoms with van der Waals surface area (Å²) in [6.45, 7) is 3.88. The molecule has 0 fully saturated rings. The van der Waals surface area contributed by atoms with Gasteiger partial charge in [-0.25, -0.2) is 0 Å². The molecule has 1 heterocycles. The zero-order valence-electron chi connectivity index (χ0n) is 16.4. The lowest BCUT2D eigenvalue weighted by Gasteiger charge is -2.10. The third-order valence-corrected chi connectivity index (χ3v) is 5.34. The molecule has 8 nitrogen and oxygen atoms in total. The van der Waals surface area contributed by atoms with Crippen molar-refractivity contribution in [1.82, 2.24) is 9.78 Å². The summed E-state index contributed by atoms with van der Waals surface area (Å²) in [5.74, 6) is -0.421. The summed E-state index contributed by atoms with van der Waals surface area (Å²) >= 11 is 12.5. The van der Waals surface area contributed by atoms with E-state index in [1.165, 1.54) is 25.3 Å². The van der Waals surface area contributed by atoms with E-state index in [1.54, 1.807) is 36.7 Å². The highest BCUT2D eigenvalue weighted by Gasteiger charge is 2.21. The number of benzene rings is 2. The van der Waals surface area contributed by atoms with Crippen LogP contribution in [0.4, 0.5) is 11.4 Å². The fraction of sp³-hybridized carbons (Fsp3) is 0.200. The second-order valence-electron chi connectivity index (χ2n) is 6.50. The first-order chi connectivity index (χ1) is 14.2. The van der Waals surface area contributed by atoms with E-state index in [-0.39, 0.29) is 17.0 Å². The zero-order chi connectivity index (χ0) is 22.0. The van der Waals surface area contributed by atoms with Gasteiger partial charge in [0.15, 0.2) is 5.75 Å². The smallest absolute Gasteiger partial charge is 0.311 e. The zero-order valence-corrected chi connectivity index (χ0v) is 17.9. The third-order valence-electron chi connectivity index (χ3n) is 4.63. The van der Waals surface area contributed by atoms with Gasteiger partial charge in [-0.2, -0.15) is 5.10 Å². The van der Waals surface area contributed by atoms with Crippen LogP contribution < -0.4 is 10.1 Å². The highest BCUT2D eigenvalue weighted by molar-refractivity contribution is 6.36. The Bertz CT molecular complexity index is 1120. The van der Waals surface area contributed by atoms with Gasteiger partial charge in [0.05, 0.1) is 35.7 Å². The van der Waals surface area contributed by atoms with Gasteiger partial charge in [-0.15, -0.1) is 0 Å². The van der Waals surface area contributed by atoms with Crippen molar-refractivity contribution in [2.24, 2.45) is 0 Å². The topological polar surface area (TPSA) is 99.3 Å². The predicted molar refractivity (Wildman–Crippen MR) is 115 cm³/mol. The van der Waals surface area contributed by atoms with E-state index in [2.05, 4.69) is 10.4 Å². The maximum absolute atomic E-state index is 12.7. The number of anilines is 1. The molecule has 10 heteroatoms. The third kappa shape index (κ3) is 4.24. The number of aromatic nitrogens is 2. The molecule has 3 rings (SSSR count). The molecular weight excluding hydrogens is 431 g/mol. The van der Waals surface area contributed by atoms with Gasteiger partial charge in [0.2, 0.25) is 0 Å². The first-order valence-electron chi connectivity index (χ1n) is 8.83. The monoisotopic (exact) mass is 448 g/mol. The highest BCUT2D eigenvalue weighted by atomic mass is 35.5. The first-order valence-corrected chi connectivity index (χ1v) is 9.59. The minimum Gasteiger partial charge on any atom is -0.490 e. The number of hydrogen-bond donors (Lipinski definition) is 1. The number of nitrogens with zero attached hydrogens (tertiary/aromatic N) is 3. The molecule has 0 radical (unpaired) electrons. The molecule has 0 spiro atoms. The van der Waals surface area contributed by atoms with Crippen molar-refractivity contribution in [2.45, 2.75) is 20.4 Å². The maximum Gasteiger partial charge on any atom is 0.311 e. The molecule has 0 unspecified atom stereocenters. The standard InChI is InChI=1S/C20H18Cl2N4O4/c1-11-19(12(2)25(24-11)10-14-15(21)5-4-6-16(14)22)23-20(27)13-7-8-18(30-3)17(9-13)26(28)29/h4-9H,10H2,1-3H3,(H,23,27). The Morgan fingerprint density at radius 2 is 1.90 bits per heavy atom. The lowest BCUT2D eigenvalue weighted by atomic mass is 10.1. The first kappa shape index (κ1) is 21.6. The van der Waals surface area contributed by atoms with Gasteiger partial charge < -0.3 is 10.1 Å². The number of carbonyl (C=O) groups is 1. The lowest BCUT2D eigenvalue weighted by Crippen LogP contribution is -2.14. The SMILES string of the molecule is COc1ccc(C(=O)Nc2c(C)nn(Cc3c(Cl)cccc3Cl)c2C)cc1[N+](=O)[O-]. The molecular formula is C20H18Cl2N4O4. The fourth-order valence-corrected chi connectivity index (χ4v) is 3.54. The largest absolute Gasteiger partial charge is 0.490 e. The Kier molecular flexibility index (Phi) is 6.28. The number of nitro groups is 1. The van der Waals surface area contributed by atoms with Gasteiger partial charge in [-0.05, 0) is 38.1 Å². The van der Waals surface area contributed by atoms with Crippen LogP contribution in [0.5, 0.6) is 5.75 Å². The number of nitrogens with one attached hydrogen (secondary N) is 1. The second kappa shape index (κ2) is 8.73. The Morgan fingerprint density at radius 3 is 2.50 bits per heavy atom. The predicted octanol–water partition coefficient (Wildman–Crippen LogP) is 5.02. The number of ether oxygens (including phenoxy) is 1. The molecule has 0 saturated heterocycles. The molecule has 1 N–H and O–H groups in total. The molecule has 3 aromatic rings. The average molecular weight is 449 g/mol. The molecule has 1 amide bonds. The number of methoxy groups -OCH3 is 1. The van der Waals surface area contributed by atoms with E-state index in [9.17, 15) is 14.9 Å². The van der Waals surface area contributed by atoms with Crippen LogP contribution in [0.2, 0.25) is 10.0 Å². The van der Waals surface area contributed by atoms with E-state index >= 15 is 0 Å². The molecule has 0 atom stereocenters. The summed E-state index contributed by atoms with van der Waals surface area (Å²) in [6.07, 6.45) is 0. The van der Waals surface area contributed by atoms with Gasteiger partial charge in [0, 0.05) is 27.2 Å². The van der Waals surface area contributed by atoms with Gasteiger partial charge in [0.1, 0.15) is 0 Å². The molecule has 30 heavy (non-hydrogen) atoms. The van der Waals surface area contributed by atoms with Crippen LogP contribution in [-0.4, -0.2) is 27.7 Å². The number of carbonyl (C=O) groups excluding carboxylic acids is 1. The number of amides is 1. The van der Waals surface area contributed by atoms with Crippen molar-refractivity contribution in [1.29, 1.82) is 0 Å². The molecule has 0 aliphatic rings. The van der Waals surface area contributed by atoms with Crippen LogP contribution in [0.15, 0.2) is 36.4 Å². The van der Waals surface area contributed by atoms with Crippen LogP contribution in [0.1, 0.15) is 27.3 Å². The normalized spacial score (nSPS) is 10.7. The van der Waals surface area contributed by atoms with Crippen molar-refractivity contribution >= 4 is 40.5 Å². The van der Waals surface area contributed by atoms with Crippen molar-refractivity contribution in [3.05, 3.63) is 79.1 Å². The number of nitro benzene ring substituents is 1. The Labute approximate surface area is 182 Å². The highest BCUT2D eigenvalue weighted by Crippen LogP contribution is 2.30. The van der Waals surface area contributed by atoms with Gasteiger partial charge >= 0.3 is 5.69 Å². The molecule has 0 bridgehead atoms. The van der Waals surface area contributed by atoms with Crippen molar-refractivity contribution in [2.75, 3.05) is 12.4 Å². The summed E-state index contributed by atoms with van der Waals surface area (Å²) < 4.78 is 6.66. The molecule has 1 aromatic heterocycles. The summed E-state index contributed by atoms with van der Waals surface area (Å²) in [7, 11) is 1.33. The van der Waals surface area contributed by atoms with Gasteiger partial charge in [0.25, 0.3) is 5.91 Å². The van der Waals surface area contributed by atoms with Crippen LogP contribution in [0, 0.1) is 24.0 Å². The van der Waals surface area contributed by atoms with Crippen LogP contribution in [0.25, 0.3) is 0 Å². The molecule has 0 aliphatic heterocycles. The lowest BCUT2D eigenvalue weighted by molar-refractivity contribution is -0.385. The summed E-state index contributed by atoms with van der Waals surface area (Å²) in [4.78, 5) is 23.3.